The second-order valence-corrected chi connectivity index (χ2v) is 2.85. The molecule has 15 heavy (non-hydrogen) atoms. The number of nitrogens with one attached hydrogen (secondary N) is 1. The van der Waals surface area contributed by atoms with E-state index in [1.54, 1.807) is 24.3 Å². The van der Waals surface area contributed by atoms with Crippen LogP contribution in [0.15, 0.2) is 41.1 Å². The molecule has 1 aromatic heterocycles. The van der Waals surface area contributed by atoms with Crippen molar-refractivity contribution >= 4 is 11.8 Å². The summed E-state index contributed by atoms with van der Waals surface area (Å²) in [7, 11) is 0. The van der Waals surface area contributed by atoms with Crippen LogP contribution in [0.5, 0.6) is 0 Å². The minimum absolute atomic E-state index is 0.462. The second-order valence-electron chi connectivity index (χ2n) is 2.85. The minimum Gasteiger partial charge on any atom is -0.465 e. The Kier molecular flexibility index (Phi) is 2.37. The van der Waals surface area contributed by atoms with Crippen LogP contribution in [-0.4, -0.2) is 16.2 Å². The molecular weight excluding hydrogens is 196 g/mol. The van der Waals surface area contributed by atoms with E-state index in [1.165, 1.54) is 12.5 Å². The van der Waals surface area contributed by atoms with Crippen LogP contribution >= 0.6 is 0 Å². The zero-order chi connectivity index (χ0) is 10.7. The molecule has 0 aliphatic carbocycles. The fraction of sp³-hybridized carbons (Fsp3) is 0. The summed E-state index contributed by atoms with van der Waals surface area (Å²) in [5.41, 5.74) is 1.21. The minimum atomic E-state index is -1.10. The van der Waals surface area contributed by atoms with Crippen LogP contribution in [0.1, 0.15) is 0 Å². The van der Waals surface area contributed by atoms with Crippen molar-refractivity contribution in [2.75, 3.05) is 5.32 Å². The highest BCUT2D eigenvalue weighted by molar-refractivity contribution is 5.83. The molecule has 0 spiro atoms. The van der Waals surface area contributed by atoms with E-state index in [0.29, 0.717) is 11.6 Å². The molecule has 1 aromatic carbocycles. The molecule has 0 atom stereocenters. The smallest absolute Gasteiger partial charge is 0.409 e. The van der Waals surface area contributed by atoms with E-state index in [9.17, 15) is 4.79 Å². The molecule has 0 radical (unpaired) electrons. The van der Waals surface area contributed by atoms with E-state index in [0.717, 1.165) is 5.56 Å². The fourth-order valence-electron chi connectivity index (χ4n) is 1.22. The molecule has 0 bridgehead atoms. The first kappa shape index (κ1) is 9.26. The molecule has 1 heterocycles. The number of oxazole rings is 1. The van der Waals surface area contributed by atoms with Crippen LogP contribution in [0, 0.1) is 0 Å². The van der Waals surface area contributed by atoms with Crippen molar-refractivity contribution in [3.8, 4) is 11.5 Å². The molecule has 2 N–H and O–H groups in total. The molecule has 0 saturated heterocycles. The van der Waals surface area contributed by atoms with E-state index in [1.807, 2.05) is 0 Å². The summed E-state index contributed by atoms with van der Waals surface area (Å²) in [6.07, 6.45) is 1.90. The Morgan fingerprint density at radius 3 is 3.00 bits per heavy atom. The third-order valence-corrected chi connectivity index (χ3v) is 1.79. The third kappa shape index (κ3) is 2.14. The number of nitrogens with zero attached hydrogens (tertiary/aromatic N) is 1. The first-order valence-corrected chi connectivity index (χ1v) is 4.25. The lowest BCUT2D eigenvalue weighted by Gasteiger charge is -2.01. The molecule has 0 saturated carbocycles. The summed E-state index contributed by atoms with van der Waals surface area (Å²) >= 11 is 0. The first-order valence-electron chi connectivity index (χ1n) is 4.25. The predicted molar refractivity (Wildman–Crippen MR) is 53.6 cm³/mol. The number of carboxylic acid groups (broad SMARTS) is 1. The molecule has 1 amide bonds. The van der Waals surface area contributed by atoms with Crippen LogP contribution in [0.4, 0.5) is 10.5 Å². The summed E-state index contributed by atoms with van der Waals surface area (Å²) in [6, 6.07) is 6.82. The molecule has 0 unspecified atom stereocenters. The van der Waals surface area contributed by atoms with Crippen molar-refractivity contribution in [3.05, 3.63) is 36.7 Å². The molecule has 5 nitrogen and oxygen atoms in total. The highest BCUT2D eigenvalue weighted by Crippen LogP contribution is 2.20. The molecule has 2 aromatic rings. The van der Waals surface area contributed by atoms with Gasteiger partial charge in [0.15, 0.2) is 0 Å². The molecule has 5 heteroatoms. The van der Waals surface area contributed by atoms with Gasteiger partial charge in [-0.25, -0.2) is 9.78 Å². The third-order valence-electron chi connectivity index (χ3n) is 1.79. The van der Waals surface area contributed by atoms with Gasteiger partial charge < -0.3 is 9.52 Å². The van der Waals surface area contributed by atoms with Gasteiger partial charge in [0.05, 0.1) is 6.20 Å². The van der Waals surface area contributed by atoms with Crippen molar-refractivity contribution in [2.45, 2.75) is 0 Å². The van der Waals surface area contributed by atoms with Crippen LogP contribution in [-0.2, 0) is 0 Å². The Labute approximate surface area is 85.4 Å². The van der Waals surface area contributed by atoms with Gasteiger partial charge in [0.25, 0.3) is 0 Å². The van der Waals surface area contributed by atoms with Gasteiger partial charge in [-0.15, -0.1) is 0 Å². The Hall–Kier alpha value is -2.30. The summed E-state index contributed by atoms with van der Waals surface area (Å²) < 4.78 is 5.09. The van der Waals surface area contributed by atoms with E-state index in [2.05, 4.69) is 10.3 Å². The highest BCUT2D eigenvalue weighted by Gasteiger charge is 2.04. The van der Waals surface area contributed by atoms with Crippen molar-refractivity contribution < 1.29 is 14.3 Å². The number of amides is 1. The van der Waals surface area contributed by atoms with Gasteiger partial charge in [0.1, 0.15) is 6.26 Å². The summed E-state index contributed by atoms with van der Waals surface area (Å²) in [5, 5.41) is 10.8. The topological polar surface area (TPSA) is 75.4 Å². The fourth-order valence-corrected chi connectivity index (χ4v) is 1.22. The van der Waals surface area contributed by atoms with E-state index in [4.69, 9.17) is 9.52 Å². The van der Waals surface area contributed by atoms with E-state index in [-0.39, 0.29) is 0 Å². The van der Waals surface area contributed by atoms with E-state index >= 15 is 0 Å². The molecule has 0 aliphatic heterocycles. The van der Waals surface area contributed by atoms with Crippen LogP contribution < -0.4 is 5.32 Å². The summed E-state index contributed by atoms with van der Waals surface area (Å²) in [4.78, 5) is 14.4. The van der Waals surface area contributed by atoms with Gasteiger partial charge in [-0.1, -0.05) is 6.07 Å². The quantitative estimate of drug-likeness (QED) is 0.787. The Balaban J connectivity index is 2.31. The van der Waals surface area contributed by atoms with Crippen LogP contribution in [0.2, 0.25) is 0 Å². The second kappa shape index (κ2) is 3.83. The standard InChI is InChI=1S/C10H8N2O3/c13-10(14)12-8-3-1-2-7(6-8)9-11-4-5-15-9/h1-6,12H,(H,13,14). The van der Waals surface area contributed by atoms with Gasteiger partial charge in [-0.2, -0.15) is 0 Å². The van der Waals surface area contributed by atoms with Crippen molar-refractivity contribution in [1.29, 1.82) is 0 Å². The van der Waals surface area contributed by atoms with Crippen LogP contribution in [0.3, 0.4) is 0 Å². The van der Waals surface area contributed by atoms with Crippen LogP contribution in [0.25, 0.3) is 11.5 Å². The normalized spacial score (nSPS) is 9.87. The summed E-state index contributed by atoms with van der Waals surface area (Å²) in [6.45, 7) is 0. The zero-order valence-electron chi connectivity index (χ0n) is 7.68. The Morgan fingerprint density at radius 1 is 1.47 bits per heavy atom. The Morgan fingerprint density at radius 2 is 2.33 bits per heavy atom. The van der Waals surface area contributed by atoms with Gasteiger partial charge in [-0.3, -0.25) is 5.32 Å². The number of anilines is 1. The summed E-state index contributed by atoms with van der Waals surface area (Å²) in [5.74, 6) is 0.462. The maximum atomic E-state index is 10.4. The number of hydrogen-bond acceptors (Lipinski definition) is 3. The Bertz CT molecular complexity index is 465. The van der Waals surface area contributed by atoms with Crippen molar-refractivity contribution in [3.63, 3.8) is 0 Å². The number of rotatable bonds is 2. The molecular formula is C10H8N2O3. The predicted octanol–water partition coefficient (Wildman–Crippen LogP) is 2.43. The van der Waals surface area contributed by atoms with Crippen molar-refractivity contribution in [2.24, 2.45) is 0 Å². The largest absolute Gasteiger partial charge is 0.465 e. The molecule has 0 fully saturated rings. The lowest BCUT2D eigenvalue weighted by molar-refractivity contribution is 0.210. The molecule has 76 valence electrons. The number of benzene rings is 1. The van der Waals surface area contributed by atoms with Gasteiger partial charge in [0, 0.05) is 11.3 Å². The average Bonchev–Trinajstić information content (AvgIpc) is 2.69. The van der Waals surface area contributed by atoms with Gasteiger partial charge >= 0.3 is 6.09 Å². The maximum Gasteiger partial charge on any atom is 0.409 e. The SMILES string of the molecule is O=C(O)Nc1cccc(-c2ncco2)c1. The average molecular weight is 204 g/mol. The number of aromatic nitrogens is 1. The van der Waals surface area contributed by atoms with Gasteiger partial charge in [-0.05, 0) is 18.2 Å². The molecule has 2 rings (SSSR count). The lowest BCUT2D eigenvalue weighted by Crippen LogP contribution is -2.06. The number of hydrogen-bond donors (Lipinski definition) is 2. The highest BCUT2D eigenvalue weighted by atomic mass is 16.4. The molecule has 0 aliphatic rings. The van der Waals surface area contributed by atoms with Gasteiger partial charge in [0.2, 0.25) is 5.89 Å². The van der Waals surface area contributed by atoms with Crippen molar-refractivity contribution in [1.82, 2.24) is 4.98 Å². The first-order chi connectivity index (χ1) is 7.25. The maximum absolute atomic E-state index is 10.4. The zero-order valence-corrected chi connectivity index (χ0v) is 7.68. The lowest BCUT2D eigenvalue weighted by atomic mass is 10.2. The van der Waals surface area contributed by atoms with E-state index < -0.39 is 6.09 Å². The number of carbonyl (C=O) groups is 1. The monoisotopic (exact) mass is 204 g/mol.